The fraction of sp³-hybridized carbons (Fsp3) is 0.833. The van der Waals surface area contributed by atoms with E-state index in [2.05, 4.69) is 0 Å². The summed E-state index contributed by atoms with van der Waals surface area (Å²) in [6.45, 7) is 2.90. The van der Waals surface area contributed by atoms with Crippen LogP contribution in [-0.2, 0) is 4.79 Å². The van der Waals surface area contributed by atoms with Gasteiger partial charge in [0.05, 0.1) is 6.54 Å². The zero-order valence-electron chi connectivity index (χ0n) is 6.36. The average molecular weight is 159 g/mol. The third-order valence-corrected chi connectivity index (χ3v) is 1.73. The van der Waals surface area contributed by atoms with Crippen LogP contribution in [0.5, 0.6) is 0 Å². The third kappa shape index (κ3) is 2.83. The Balaban J connectivity index is 2.22. The Kier molecular flexibility index (Phi) is 2.81. The molecule has 11 heavy (non-hydrogen) atoms. The molecular formula is C6H13N3O2. The van der Waals surface area contributed by atoms with Crippen molar-refractivity contribution in [2.75, 3.05) is 32.7 Å². The lowest BCUT2D eigenvalue weighted by Crippen LogP contribution is -2.47. The first-order valence-electron chi connectivity index (χ1n) is 3.63. The predicted octanol–water partition coefficient (Wildman–Crippen LogP) is -1.52. The Morgan fingerprint density at radius 3 is 2.36 bits per heavy atom. The van der Waals surface area contributed by atoms with E-state index in [1.165, 1.54) is 5.06 Å². The molecule has 3 N–H and O–H groups in total. The van der Waals surface area contributed by atoms with Gasteiger partial charge >= 0.3 is 0 Å². The zero-order valence-corrected chi connectivity index (χ0v) is 6.36. The van der Waals surface area contributed by atoms with Crippen molar-refractivity contribution in [2.24, 2.45) is 5.73 Å². The molecule has 1 saturated heterocycles. The molecule has 1 rings (SSSR count). The SMILES string of the molecule is NC(=O)CN1CCN(O)CC1. The number of hydrogen-bond acceptors (Lipinski definition) is 4. The molecule has 5 nitrogen and oxygen atoms in total. The lowest BCUT2D eigenvalue weighted by molar-refractivity contribution is -0.128. The summed E-state index contributed by atoms with van der Waals surface area (Å²) in [6, 6.07) is 0. The lowest BCUT2D eigenvalue weighted by Gasteiger charge is -2.29. The van der Waals surface area contributed by atoms with E-state index in [9.17, 15) is 4.79 Å². The summed E-state index contributed by atoms with van der Waals surface area (Å²) in [4.78, 5) is 12.4. The minimum absolute atomic E-state index is 0.299. The van der Waals surface area contributed by atoms with E-state index in [4.69, 9.17) is 10.9 Å². The van der Waals surface area contributed by atoms with Crippen LogP contribution in [0.1, 0.15) is 0 Å². The second kappa shape index (κ2) is 3.66. The molecule has 0 unspecified atom stereocenters. The first kappa shape index (κ1) is 8.45. The van der Waals surface area contributed by atoms with Crippen LogP contribution in [0.25, 0.3) is 0 Å². The van der Waals surface area contributed by atoms with Gasteiger partial charge in [0.2, 0.25) is 5.91 Å². The van der Waals surface area contributed by atoms with Gasteiger partial charge in [-0.25, -0.2) is 0 Å². The van der Waals surface area contributed by atoms with Gasteiger partial charge in [-0.15, -0.1) is 0 Å². The monoisotopic (exact) mass is 159 g/mol. The van der Waals surface area contributed by atoms with Gasteiger partial charge in [-0.2, -0.15) is 5.06 Å². The topological polar surface area (TPSA) is 69.8 Å². The van der Waals surface area contributed by atoms with Gasteiger partial charge in [-0.3, -0.25) is 9.69 Å². The van der Waals surface area contributed by atoms with Crippen LogP contribution in [0.4, 0.5) is 0 Å². The molecule has 0 atom stereocenters. The van der Waals surface area contributed by atoms with Crippen LogP contribution in [-0.4, -0.2) is 53.8 Å². The number of nitrogens with two attached hydrogens (primary N) is 1. The van der Waals surface area contributed by atoms with Crippen molar-refractivity contribution in [1.29, 1.82) is 0 Å². The number of hydroxylamine groups is 2. The van der Waals surface area contributed by atoms with Gasteiger partial charge in [-0.05, 0) is 0 Å². The smallest absolute Gasteiger partial charge is 0.231 e. The molecule has 0 aromatic rings. The molecule has 0 bridgehead atoms. The van der Waals surface area contributed by atoms with E-state index in [1.807, 2.05) is 4.90 Å². The molecule has 1 aliphatic heterocycles. The lowest BCUT2D eigenvalue weighted by atomic mass is 10.3. The summed E-state index contributed by atoms with van der Waals surface area (Å²) < 4.78 is 0. The van der Waals surface area contributed by atoms with Crippen molar-refractivity contribution < 1.29 is 10.0 Å². The molecule has 64 valence electrons. The summed E-state index contributed by atoms with van der Waals surface area (Å²) >= 11 is 0. The van der Waals surface area contributed by atoms with Crippen molar-refractivity contribution in [1.82, 2.24) is 9.96 Å². The molecule has 1 amide bonds. The highest BCUT2D eigenvalue weighted by Crippen LogP contribution is 1.96. The molecule has 0 aromatic carbocycles. The Labute approximate surface area is 65.3 Å². The Morgan fingerprint density at radius 1 is 1.36 bits per heavy atom. The number of carbonyl (C=O) groups is 1. The number of carbonyl (C=O) groups excluding carboxylic acids is 1. The number of piperazine rings is 1. The summed E-state index contributed by atoms with van der Waals surface area (Å²) in [5.74, 6) is -0.309. The molecule has 0 aromatic heterocycles. The molecule has 1 fully saturated rings. The normalized spacial score (nSPS) is 21.9. The van der Waals surface area contributed by atoms with E-state index < -0.39 is 0 Å². The minimum Gasteiger partial charge on any atom is -0.369 e. The quantitative estimate of drug-likeness (QED) is 0.513. The molecule has 0 aliphatic carbocycles. The number of amides is 1. The average Bonchev–Trinajstić information content (AvgIpc) is 1.93. The molecule has 1 heterocycles. The second-order valence-corrected chi connectivity index (χ2v) is 2.70. The summed E-state index contributed by atoms with van der Waals surface area (Å²) in [5, 5.41) is 10.2. The van der Waals surface area contributed by atoms with E-state index in [-0.39, 0.29) is 5.91 Å². The van der Waals surface area contributed by atoms with Crippen molar-refractivity contribution >= 4 is 5.91 Å². The maximum absolute atomic E-state index is 10.5. The maximum Gasteiger partial charge on any atom is 0.231 e. The number of primary amides is 1. The molecule has 1 aliphatic rings. The van der Waals surface area contributed by atoms with E-state index in [0.717, 1.165) is 0 Å². The minimum atomic E-state index is -0.309. The van der Waals surface area contributed by atoms with Crippen molar-refractivity contribution in [3.05, 3.63) is 0 Å². The van der Waals surface area contributed by atoms with Crippen molar-refractivity contribution in [3.63, 3.8) is 0 Å². The molecule has 5 heteroatoms. The number of nitrogens with zero attached hydrogens (tertiary/aromatic N) is 2. The van der Waals surface area contributed by atoms with Crippen LogP contribution >= 0.6 is 0 Å². The van der Waals surface area contributed by atoms with Gasteiger partial charge in [-0.1, -0.05) is 0 Å². The highest BCUT2D eigenvalue weighted by Gasteiger charge is 2.15. The van der Waals surface area contributed by atoms with Crippen LogP contribution in [0, 0.1) is 0 Å². The Hall–Kier alpha value is -0.650. The fourth-order valence-electron chi connectivity index (χ4n) is 1.12. The van der Waals surface area contributed by atoms with Crippen LogP contribution in [0.15, 0.2) is 0 Å². The highest BCUT2D eigenvalue weighted by atomic mass is 16.5. The van der Waals surface area contributed by atoms with Gasteiger partial charge < -0.3 is 10.9 Å². The zero-order chi connectivity index (χ0) is 8.27. The predicted molar refractivity (Wildman–Crippen MR) is 39.0 cm³/mol. The van der Waals surface area contributed by atoms with Crippen LogP contribution in [0.3, 0.4) is 0 Å². The standard InChI is InChI=1S/C6H13N3O2/c7-6(10)5-8-1-3-9(11)4-2-8/h11H,1-5H2,(H2,7,10). The van der Waals surface area contributed by atoms with E-state index in [0.29, 0.717) is 32.7 Å². The Bertz CT molecular complexity index is 143. The summed E-state index contributed by atoms with van der Waals surface area (Å²) in [5.41, 5.74) is 5.00. The van der Waals surface area contributed by atoms with Gasteiger partial charge in [0.1, 0.15) is 0 Å². The summed E-state index contributed by atoms with van der Waals surface area (Å²) in [7, 11) is 0. The van der Waals surface area contributed by atoms with E-state index >= 15 is 0 Å². The molecule has 0 radical (unpaired) electrons. The first-order chi connectivity index (χ1) is 5.18. The Morgan fingerprint density at radius 2 is 1.91 bits per heavy atom. The van der Waals surface area contributed by atoms with Crippen molar-refractivity contribution in [3.8, 4) is 0 Å². The maximum atomic E-state index is 10.5. The van der Waals surface area contributed by atoms with Gasteiger partial charge in [0.15, 0.2) is 0 Å². The molecule has 0 spiro atoms. The van der Waals surface area contributed by atoms with Gasteiger partial charge in [0, 0.05) is 26.2 Å². The number of hydrogen-bond donors (Lipinski definition) is 2. The number of rotatable bonds is 2. The van der Waals surface area contributed by atoms with Crippen LogP contribution in [0.2, 0.25) is 0 Å². The highest BCUT2D eigenvalue weighted by molar-refractivity contribution is 5.75. The summed E-state index contributed by atoms with van der Waals surface area (Å²) in [6.07, 6.45) is 0. The largest absolute Gasteiger partial charge is 0.369 e. The second-order valence-electron chi connectivity index (χ2n) is 2.70. The molecule has 0 saturated carbocycles. The first-order valence-corrected chi connectivity index (χ1v) is 3.63. The fourth-order valence-corrected chi connectivity index (χ4v) is 1.12. The van der Waals surface area contributed by atoms with Gasteiger partial charge in [0.25, 0.3) is 0 Å². The van der Waals surface area contributed by atoms with Crippen LogP contribution < -0.4 is 5.73 Å². The van der Waals surface area contributed by atoms with E-state index in [1.54, 1.807) is 0 Å². The third-order valence-electron chi connectivity index (χ3n) is 1.73. The van der Waals surface area contributed by atoms with Crippen molar-refractivity contribution in [2.45, 2.75) is 0 Å². The molecular weight excluding hydrogens is 146 g/mol.